The van der Waals surface area contributed by atoms with E-state index in [0.717, 1.165) is 45.4 Å². The molecule has 2 saturated heterocycles. The molecule has 1 unspecified atom stereocenters. The lowest BCUT2D eigenvalue weighted by atomic mass is 10.0. The van der Waals surface area contributed by atoms with Crippen molar-refractivity contribution in [3.63, 3.8) is 0 Å². The van der Waals surface area contributed by atoms with Crippen LogP contribution in [-0.4, -0.2) is 63.5 Å². The third kappa shape index (κ3) is 2.58. The number of rotatable bonds is 2. The summed E-state index contributed by atoms with van der Waals surface area (Å²) in [5, 5.41) is 0. The van der Waals surface area contributed by atoms with Crippen molar-refractivity contribution in [3.05, 3.63) is 18.2 Å². The van der Waals surface area contributed by atoms with E-state index in [-0.39, 0.29) is 5.91 Å². The fourth-order valence-corrected chi connectivity index (χ4v) is 3.23. The summed E-state index contributed by atoms with van der Waals surface area (Å²) < 4.78 is 1.79. The van der Waals surface area contributed by atoms with Gasteiger partial charge < -0.3 is 15.2 Å². The lowest BCUT2D eigenvalue weighted by Gasteiger charge is -2.34. The van der Waals surface area contributed by atoms with E-state index in [1.807, 2.05) is 11.9 Å². The molecule has 1 aromatic rings. The average Bonchev–Trinajstić information content (AvgIpc) is 3.08. The number of hydrogen-bond donors (Lipinski definition) is 1. The van der Waals surface area contributed by atoms with E-state index >= 15 is 0 Å². The van der Waals surface area contributed by atoms with Gasteiger partial charge in [0.1, 0.15) is 5.69 Å². The fourth-order valence-electron chi connectivity index (χ4n) is 3.23. The van der Waals surface area contributed by atoms with Gasteiger partial charge in [0.2, 0.25) is 0 Å². The summed E-state index contributed by atoms with van der Waals surface area (Å²) in [6.45, 7) is 3.82. The molecule has 0 saturated carbocycles. The molecule has 2 aliphatic rings. The highest BCUT2D eigenvalue weighted by atomic mass is 16.2. The molecule has 2 N–H and O–H groups in total. The quantitative estimate of drug-likeness (QED) is 0.830. The number of amides is 1. The average molecular weight is 277 g/mol. The number of likely N-dealkylation sites (tertiary alicyclic amines) is 2. The number of aryl methyl sites for hydroxylation is 1. The van der Waals surface area contributed by atoms with Crippen molar-refractivity contribution in [2.75, 3.05) is 26.2 Å². The van der Waals surface area contributed by atoms with E-state index in [1.54, 1.807) is 17.1 Å². The van der Waals surface area contributed by atoms with E-state index in [2.05, 4.69) is 9.88 Å². The molecule has 3 rings (SSSR count). The van der Waals surface area contributed by atoms with Gasteiger partial charge in [-0.25, -0.2) is 4.98 Å². The van der Waals surface area contributed by atoms with Crippen LogP contribution in [0.2, 0.25) is 0 Å². The van der Waals surface area contributed by atoms with E-state index in [1.165, 1.54) is 0 Å². The molecule has 6 heteroatoms. The van der Waals surface area contributed by atoms with Crippen LogP contribution in [0.4, 0.5) is 0 Å². The van der Waals surface area contributed by atoms with Gasteiger partial charge in [0.05, 0.1) is 12.5 Å². The molecule has 1 amide bonds. The van der Waals surface area contributed by atoms with E-state index in [0.29, 0.717) is 17.8 Å². The second kappa shape index (κ2) is 5.54. The molecule has 1 aromatic heterocycles. The minimum Gasteiger partial charge on any atom is -0.336 e. The number of carbonyl (C=O) groups excluding carboxylic acids is 1. The molecule has 0 aromatic carbocycles. The summed E-state index contributed by atoms with van der Waals surface area (Å²) >= 11 is 0. The number of hydrogen-bond acceptors (Lipinski definition) is 4. The van der Waals surface area contributed by atoms with E-state index in [9.17, 15) is 4.79 Å². The molecule has 0 aliphatic carbocycles. The fraction of sp³-hybridized carbons (Fsp3) is 0.714. The highest BCUT2D eigenvalue weighted by Gasteiger charge is 2.32. The number of nitrogens with zero attached hydrogens (tertiary/aromatic N) is 4. The van der Waals surface area contributed by atoms with Gasteiger partial charge in [0.15, 0.2) is 0 Å². The highest BCUT2D eigenvalue weighted by molar-refractivity contribution is 5.92. The summed E-state index contributed by atoms with van der Waals surface area (Å²) in [6.07, 6.45) is 6.54. The second-order valence-electron chi connectivity index (χ2n) is 5.96. The van der Waals surface area contributed by atoms with Crippen molar-refractivity contribution >= 4 is 5.91 Å². The van der Waals surface area contributed by atoms with Gasteiger partial charge >= 0.3 is 0 Å². The minimum absolute atomic E-state index is 0.0983. The first-order chi connectivity index (χ1) is 9.65. The van der Waals surface area contributed by atoms with Crippen LogP contribution in [0.1, 0.15) is 29.8 Å². The van der Waals surface area contributed by atoms with Crippen molar-refractivity contribution in [2.24, 2.45) is 12.8 Å². The minimum atomic E-state index is 0.0983. The first-order valence-electron chi connectivity index (χ1n) is 7.40. The lowest BCUT2D eigenvalue weighted by Crippen LogP contribution is -2.46. The van der Waals surface area contributed by atoms with Crippen LogP contribution in [0.15, 0.2) is 12.5 Å². The smallest absolute Gasteiger partial charge is 0.272 e. The first kappa shape index (κ1) is 13.6. The largest absolute Gasteiger partial charge is 0.336 e. The Morgan fingerprint density at radius 1 is 1.30 bits per heavy atom. The maximum Gasteiger partial charge on any atom is 0.272 e. The van der Waals surface area contributed by atoms with Gasteiger partial charge in [-0.15, -0.1) is 0 Å². The van der Waals surface area contributed by atoms with Gasteiger partial charge in [0, 0.05) is 32.2 Å². The first-order valence-corrected chi connectivity index (χ1v) is 7.40. The van der Waals surface area contributed by atoms with Crippen LogP contribution in [0.3, 0.4) is 0 Å². The molecular weight excluding hydrogens is 254 g/mol. The second-order valence-corrected chi connectivity index (χ2v) is 5.96. The van der Waals surface area contributed by atoms with Gasteiger partial charge in [-0.3, -0.25) is 9.69 Å². The summed E-state index contributed by atoms with van der Waals surface area (Å²) in [7, 11) is 1.86. The molecule has 1 atom stereocenters. The summed E-state index contributed by atoms with van der Waals surface area (Å²) in [5.41, 5.74) is 6.62. The van der Waals surface area contributed by atoms with Crippen molar-refractivity contribution in [2.45, 2.75) is 31.3 Å². The van der Waals surface area contributed by atoms with Crippen LogP contribution in [0.25, 0.3) is 0 Å². The maximum atomic E-state index is 12.4. The Labute approximate surface area is 119 Å². The van der Waals surface area contributed by atoms with Crippen LogP contribution < -0.4 is 5.73 Å². The van der Waals surface area contributed by atoms with Crippen LogP contribution in [0, 0.1) is 0 Å². The molecule has 3 heterocycles. The molecule has 6 nitrogen and oxygen atoms in total. The zero-order chi connectivity index (χ0) is 14.1. The summed E-state index contributed by atoms with van der Waals surface area (Å²) in [4.78, 5) is 20.9. The van der Waals surface area contributed by atoms with Crippen LogP contribution in [-0.2, 0) is 7.05 Å². The number of nitrogens with two attached hydrogens (primary N) is 1. The number of carbonyl (C=O) groups is 1. The molecular formula is C14H23N5O. The van der Waals surface area contributed by atoms with Gasteiger partial charge in [-0.1, -0.05) is 0 Å². The van der Waals surface area contributed by atoms with Crippen molar-refractivity contribution in [3.8, 4) is 0 Å². The normalized spacial score (nSPS) is 25.3. The van der Waals surface area contributed by atoms with Crippen molar-refractivity contribution < 1.29 is 4.79 Å². The predicted octanol–water partition coefficient (Wildman–Crippen LogP) is 0.0577. The van der Waals surface area contributed by atoms with Crippen LogP contribution >= 0.6 is 0 Å². The maximum absolute atomic E-state index is 12.4. The standard InChI is InChI=1S/C14H23N5O/c1-17-10-16-8-13(17)14(20)19-7-4-12(9-19)18-5-2-11(15)3-6-18/h8,10-12H,2-7,9,15H2,1H3. The Bertz CT molecular complexity index is 478. The zero-order valence-corrected chi connectivity index (χ0v) is 12.0. The number of piperidine rings is 1. The topological polar surface area (TPSA) is 67.4 Å². The molecule has 0 spiro atoms. The number of aromatic nitrogens is 2. The summed E-state index contributed by atoms with van der Waals surface area (Å²) in [5.74, 6) is 0.0983. The Hall–Kier alpha value is -1.40. The predicted molar refractivity (Wildman–Crippen MR) is 76.3 cm³/mol. The Kier molecular flexibility index (Phi) is 3.76. The van der Waals surface area contributed by atoms with Crippen molar-refractivity contribution in [1.82, 2.24) is 19.4 Å². The van der Waals surface area contributed by atoms with Crippen LogP contribution in [0.5, 0.6) is 0 Å². The Balaban J connectivity index is 1.59. The SMILES string of the molecule is Cn1cncc1C(=O)N1CCC(N2CCC(N)CC2)C1. The van der Waals surface area contributed by atoms with Gasteiger partial charge in [-0.2, -0.15) is 0 Å². The van der Waals surface area contributed by atoms with Gasteiger partial charge in [-0.05, 0) is 32.4 Å². The molecule has 20 heavy (non-hydrogen) atoms. The zero-order valence-electron chi connectivity index (χ0n) is 12.0. The van der Waals surface area contributed by atoms with Gasteiger partial charge in [0.25, 0.3) is 5.91 Å². The molecule has 0 bridgehead atoms. The molecule has 110 valence electrons. The van der Waals surface area contributed by atoms with E-state index < -0.39 is 0 Å². The van der Waals surface area contributed by atoms with E-state index in [4.69, 9.17) is 5.73 Å². The monoisotopic (exact) mass is 277 g/mol. The third-order valence-corrected chi connectivity index (χ3v) is 4.58. The number of imidazole rings is 1. The Morgan fingerprint density at radius 2 is 2.05 bits per heavy atom. The lowest BCUT2D eigenvalue weighted by molar-refractivity contribution is 0.0760. The highest BCUT2D eigenvalue weighted by Crippen LogP contribution is 2.21. The molecule has 2 aliphatic heterocycles. The third-order valence-electron chi connectivity index (χ3n) is 4.58. The molecule has 0 radical (unpaired) electrons. The summed E-state index contributed by atoms with van der Waals surface area (Å²) in [6, 6.07) is 0.861. The van der Waals surface area contributed by atoms with Crippen molar-refractivity contribution in [1.29, 1.82) is 0 Å². The molecule has 2 fully saturated rings. The Morgan fingerprint density at radius 3 is 2.70 bits per heavy atom.